The molecule has 5 rings (SSSR count). The molecule has 0 aliphatic heterocycles. The molecule has 1 amide bonds. The van der Waals surface area contributed by atoms with Gasteiger partial charge in [-0.25, -0.2) is 4.79 Å². The van der Waals surface area contributed by atoms with Crippen molar-refractivity contribution in [1.82, 2.24) is 5.32 Å². The van der Waals surface area contributed by atoms with Gasteiger partial charge in [-0.3, -0.25) is 4.79 Å². The van der Waals surface area contributed by atoms with Crippen LogP contribution in [0.1, 0.15) is 82.6 Å². The maximum absolute atomic E-state index is 12.6. The minimum Gasteiger partial charge on any atom is -0.489 e. The third-order valence-corrected chi connectivity index (χ3v) is 7.03. The molecule has 0 radical (unpaired) electrons. The molecule has 7 heteroatoms. The van der Waals surface area contributed by atoms with Crippen LogP contribution in [0.3, 0.4) is 0 Å². The van der Waals surface area contributed by atoms with Crippen LogP contribution in [0.25, 0.3) is 22.1 Å². The molecule has 7 nitrogen and oxygen atoms in total. The summed E-state index contributed by atoms with van der Waals surface area (Å²) in [5.74, 6) is 0.846. The van der Waals surface area contributed by atoms with Gasteiger partial charge in [-0.05, 0) is 107 Å². The number of carbonyl (C=O) groups excluding carboxylic acids is 2. The quantitative estimate of drug-likeness (QED) is 0.199. The number of fused-ring (bicyclic) bond motifs is 1. The largest absolute Gasteiger partial charge is 0.489 e. The number of alkyl carbamates (subject to hydrolysis) is 1. The monoisotopic (exact) mass is 583 g/mol. The second-order valence-corrected chi connectivity index (χ2v) is 13.2. The number of hydrogen-bond donors (Lipinski definition) is 1. The SMILES string of the molecule is CC(C)(C)OC(=O)Cc1ccccc1OCc1cc(-c2cccc(CNC(=O)OC(C)(C)C)c2)c2occc2c1C1CC1. The minimum absolute atomic E-state index is 0.138. The van der Waals surface area contributed by atoms with Gasteiger partial charge in [0.2, 0.25) is 0 Å². The molecule has 0 unspecified atom stereocenters. The lowest BCUT2D eigenvalue weighted by atomic mass is 9.92. The number of para-hydroxylation sites is 1. The van der Waals surface area contributed by atoms with Crippen molar-refractivity contribution in [1.29, 1.82) is 0 Å². The summed E-state index contributed by atoms with van der Waals surface area (Å²) >= 11 is 0. The normalized spacial score (nSPS) is 13.5. The van der Waals surface area contributed by atoms with E-state index in [9.17, 15) is 9.59 Å². The highest BCUT2D eigenvalue weighted by atomic mass is 16.6. The van der Waals surface area contributed by atoms with Gasteiger partial charge in [0.05, 0.1) is 12.7 Å². The zero-order valence-corrected chi connectivity index (χ0v) is 25.9. The van der Waals surface area contributed by atoms with Crippen molar-refractivity contribution in [3.8, 4) is 16.9 Å². The van der Waals surface area contributed by atoms with Crippen LogP contribution in [-0.2, 0) is 33.8 Å². The maximum atomic E-state index is 12.6. The summed E-state index contributed by atoms with van der Waals surface area (Å²) in [5, 5.41) is 3.94. The predicted molar refractivity (Wildman–Crippen MR) is 167 cm³/mol. The highest BCUT2D eigenvalue weighted by Gasteiger charge is 2.30. The molecule has 0 spiro atoms. The highest BCUT2D eigenvalue weighted by molar-refractivity contribution is 5.96. The number of amides is 1. The van der Waals surface area contributed by atoms with E-state index in [1.54, 1.807) is 6.26 Å². The number of nitrogens with one attached hydrogen (secondary N) is 1. The number of hydrogen-bond acceptors (Lipinski definition) is 6. The van der Waals surface area contributed by atoms with E-state index in [-0.39, 0.29) is 12.4 Å². The zero-order valence-electron chi connectivity index (χ0n) is 25.9. The van der Waals surface area contributed by atoms with E-state index in [1.807, 2.05) is 90.1 Å². The molecule has 1 saturated carbocycles. The first kappa shape index (κ1) is 30.2. The third-order valence-electron chi connectivity index (χ3n) is 7.03. The summed E-state index contributed by atoms with van der Waals surface area (Å²) in [6.07, 6.45) is 3.70. The fourth-order valence-corrected chi connectivity index (χ4v) is 5.22. The van der Waals surface area contributed by atoms with Gasteiger partial charge >= 0.3 is 12.1 Å². The first-order valence-electron chi connectivity index (χ1n) is 14.9. The summed E-state index contributed by atoms with van der Waals surface area (Å²) < 4.78 is 23.4. The Morgan fingerprint density at radius 3 is 2.35 bits per heavy atom. The van der Waals surface area contributed by atoms with E-state index in [2.05, 4.69) is 17.4 Å². The first-order valence-corrected chi connectivity index (χ1v) is 14.9. The average Bonchev–Trinajstić information content (AvgIpc) is 3.64. The van der Waals surface area contributed by atoms with Crippen LogP contribution >= 0.6 is 0 Å². The lowest BCUT2D eigenvalue weighted by molar-refractivity contribution is -0.153. The molecule has 1 aliphatic carbocycles. The Kier molecular flexibility index (Phi) is 8.54. The Hall–Kier alpha value is -4.26. The van der Waals surface area contributed by atoms with Crippen LogP contribution in [0, 0.1) is 0 Å². The standard InChI is InChI=1S/C36H41NO6/c1-35(2,3)42-31(38)20-26-11-7-8-13-30(26)41-22-27-19-29(33-28(16-17-40-33)32(27)24-14-15-24)25-12-9-10-23(18-25)21-37-34(39)43-36(4,5)6/h7-13,16-19,24H,14-15,20-22H2,1-6H3,(H,37,39). The molecule has 4 aromatic rings. The summed E-state index contributed by atoms with van der Waals surface area (Å²) in [7, 11) is 0. The number of ether oxygens (including phenoxy) is 3. The van der Waals surface area contributed by atoms with Gasteiger partial charge in [0, 0.05) is 23.1 Å². The summed E-state index contributed by atoms with van der Waals surface area (Å²) in [6.45, 7) is 11.8. The van der Waals surface area contributed by atoms with Crippen LogP contribution in [0.15, 0.2) is 71.3 Å². The molecule has 226 valence electrons. The van der Waals surface area contributed by atoms with Gasteiger partial charge in [0.25, 0.3) is 0 Å². The maximum Gasteiger partial charge on any atom is 0.407 e. The van der Waals surface area contributed by atoms with E-state index >= 15 is 0 Å². The molecule has 1 aliphatic rings. The van der Waals surface area contributed by atoms with E-state index in [0.29, 0.717) is 24.8 Å². The van der Waals surface area contributed by atoms with Crippen molar-refractivity contribution >= 4 is 23.0 Å². The second kappa shape index (κ2) is 12.2. The minimum atomic E-state index is -0.561. The molecule has 1 fully saturated rings. The van der Waals surface area contributed by atoms with Crippen LogP contribution in [0.2, 0.25) is 0 Å². The van der Waals surface area contributed by atoms with Crippen LogP contribution in [0.4, 0.5) is 4.79 Å². The number of esters is 1. The van der Waals surface area contributed by atoms with Crippen molar-refractivity contribution in [2.45, 2.75) is 91.1 Å². The van der Waals surface area contributed by atoms with Crippen LogP contribution in [0.5, 0.6) is 5.75 Å². The molecule has 0 saturated heterocycles. The van der Waals surface area contributed by atoms with Crippen molar-refractivity contribution in [2.24, 2.45) is 0 Å². The first-order chi connectivity index (χ1) is 20.4. The molecule has 3 aromatic carbocycles. The van der Waals surface area contributed by atoms with E-state index in [4.69, 9.17) is 18.6 Å². The van der Waals surface area contributed by atoms with Crippen LogP contribution in [-0.4, -0.2) is 23.3 Å². The van der Waals surface area contributed by atoms with Gasteiger partial charge in [-0.1, -0.05) is 36.4 Å². The summed E-state index contributed by atoms with van der Waals surface area (Å²) in [4.78, 5) is 24.8. The lowest BCUT2D eigenvalue weighted by Crippen LogP contribution is -2.32. The molecule has 0 atom stereocenters. The van der Waals surface area contributed by atoms with Gasteiger partial charge in [0.1, 0.15) is 29.1 Å². The fourth-order valence-electron chi connectivity index (χ4n) is 5.22. The van der Waals surface area contributed by atoms with Crippen molar-refractivity contribution in [2.75, 3.05) is 0 Å². The van der Waals surface area contributed by atoms with Gasteiger partial charge in [-0.15, -0.1) is 0 Å². The molecular formula is C36H41NO6. The molecule has 1 aromatic heterocycles. The Bertz CT molecular complexity index is 1620. The highest BCUT2D eigenvalue weighted by Crippen LogP contribution is 2.47. The summed E-state index contributed by atoms with van der Waals surface area (Å²) in [6, 6.07) is 19.9. The molecule has 1 heterocycles. The number of furan rings is 1. The van der Waals surface area contributed by atoms with Crippen molar-refractivity contribution in [3.63, 3.8) is 0 Å². The Labute approximate surface area is 253 Å². The smallest absolute Gasteiger partial charge is 0.407 e. The second-order valence-electron chi connectivity index (χ2n) is 13.2. The number of carbonyl (C=O) groups is 2. The van der Waals surface area contributed by atoms with Crippen molar-refractivity contribution < 1.29 is 28.2 Å². The number of rotatable bonds is 9. The Morgan fingerprint density at radius 1 is 0.884 bits per heavy atom. The number of benzene rings is 3. The van der Waals surface area contributed by atoms with Gasteiger partial charge in [0.15, 0.2) is 0 Å². The molecule has 1 N–H and O–H groups in total. The van der Waals surface area contributed by atoms with E-state index < -0.39 is 17.3 Å². The Balaban J connectivity index is 1.42. The van der Waals surface area contributed by atoms with E-state index in [0.717, 1.165) is 51.6 Å². The third kappa shape index (κ3) is 7.98. The summed E-state index contributed by atoms with van der Waals surface area (Å²) in [5.41, 5.74) is 5.77. The predicted octanol–water partition coefficient (Wildman–Crippen LogP) is 8.47. The molecule has 43 heavy (non-hydrogen) atoms. The fraction of sp³-hybridized carbons (Fsp3) is 0.389. The van der Waals surface area contributed by atoms with Crippen LogP contribution < -0.4 is 10.1 Å². The molecule has 0 bridgehead atoms. The van der Waals surface area contributed by atoms with E-state index in [1.165, 1.54) is 5.56 Å². The van der Waals surface area contributed by atoms with Gasteiger partial charge in [-0.2, -0.15) is 0 Å². The zero-order chi connectivity index (χ0) is 30.8. The van der Waals surface area contributed by atoms with Crippen molar-refractivity contribution in [3.05, 3.63) is 89.2 Å². The Morgan fingerprint density at radius 2 is 1.63 bits per heavy atom. The lowest BCUT2D eigenvalue weighted by Gasteiger charge is -2.20. The molecular weight excluding hydrogens is 542 g/mol. The van der Waals surface area contributed by atoms with Gasteiger partial charge < -0.3 is 23.9 Å². The average molecular weight is 584 g/mol. The topological polar surface area (TPSA) is 87.0 Å².